The Morgan fingerprint density at radius 3 is 2.59 bits per heavy atom. The summed E-state index contributed by atoms with van der Waals surface area (Å²) in [5.41, 5.74) is 1.67. The lowest BCUT2D eigenvalue weighted by Gasteiger charge is -2.19. The number of benzene rings is 2. The Kier molecular flexibility index (Phi) is 4.64. The Morgan fingerprint density at radius 2 is 1.85 bits per heavy atom. The minimum atomic E-state index is -0.329. The zero-order chi connectivity index (χ0) is 18.8. The Balaban J connectivity index is 1.62. The van der Waals surface area contributed by atoms with Crippen molar-refractivity contribution < 1.29 is 19.0 Å². The maximum atomic E-state index is 12.8. The number of hydrogen-bond acceptors (Lipinski definition) is 4. The van der Waals surface area contributed by atoms with Gasteiger partial charge in [-0.25, -0.2) is 0 Å². The van der Waals surface area contributed by atoms with E-state index in [2.05, 4.69) is 5.32 Å². The van der Waals surface area contributed by atoms with Crippen molar-refractivity contribution in [3.05, 3.63) is 65.4 Å². The largest absolute Gasteiger partial charge is 0.496 e. The van der Waals surface area contributed by atoms with Crippen LogP contribution in [0.3, 0.4) is 0 Å². The monoisotopic (exact) mass is 384 g/mol. The van der Waals surface area contributed by atoms with Crippen LogP contribution in [0.4, 0.5) is 5.69 Å². The standard InChI is InChI=1S/C20H17ClN2O4/c1-25-18-12-16(23-6-2-3-7-23)15(21)11-14(18)20(24)22-13-4-5-17-19(10-13)27-9-8-26-17/h2-7,10-12H,8-9H2,1H3,(H,22,24). The smallest absolute Gasteiger partial charge is 0.259 e. The number of nitrogens with one attached hydrogen (secondary N) is 1. The molecule has 2 aromatic carbocycles. The van der Waals surface area contributed by atoms with Crippen molar-refractivity contribution in [2.45, 2.75) is 0 Å². The van der Waals surface area contributed by atoms with Gasteiger partial charge in [-0.05, 0) is 30.3 Å². The number of hydrogen-bond donors (Lipinski definition) is 1. The van der Waals surface area contributed by atoms with Crippen LogP contribution < -0.4 is 19.5 Å². The summed E-state index contributed by atoms with van der Waals surface area (Å²) in [6.45, 7) is 0.997. The molecule has 0 saturated carbocycles. The molecule has 0 atom stereocenters. The van der Waals surface area contributed by atoms with E-state index in [9.17, 15) is 4.79 Å². The molecule has 0 aliphatic carbocycles. The third-order valence-electron chi connectivity index (χ3n) is 4.20. The topological polar surface area (TPSA) is 61.7 Å². The van der Waals surface area contributed by atoms with Crippen molar-refractivity contribution in [2.75, 3.05) is 25.6 Å². The van der Waals surface area contributed by atoms with Gasteiger partial charge in [-0.3, -0.25) is 4.79 Å². The molecule has 1 aliphatic rings. The van der Waals surface area contributed by atoms with Crippen LogP contribution in [0.15, 0.2) is 54.9 Å². The molecule has 6 nitrogen and oxygen atoms in total. The van der Waals surface area contributed by atoms with Crippen molar-refractivity contribution in [1.29, 1.82) is 0 Å². The molecule has 0 saturated heterocycles. The van der Waals surface area contributed by atoms with E-state index in [0.29, 0.717) is 46.7 Å². The number of ether oxygens (including phenoxy) is 3. The molecule has 138 valence electrons. The molecule has 0 radical (unpaired) electrons. The van der Waals surface area contributed by atoms with Crippen LogP contribution in [0.25, 0.3) is 5.69 Å². The molecule has 2 heterocycles. The van der Waals surface area contributed by atoms with Gasteiger partial charge >= 0.3 is 0 Å². The predicted molar refractivity (Wildman–Crippen MR) is 103 cm³/mol. The molecular weight excluding hydrogens is 368 g/mol. The van der Waals surface area contributed by atoms with Gasteiger partial charge < -0.3 is 24.1 Å². The first kappa shape index (κ1) is 17.3. The van der Waals surface area contributed by atoms with Crippen LogP contribution in [0, 0.1) is 0 Å². The van der Waals surface area contributed by atoms with Crippen LogP contribution >= 0.6 is 11.6 Å². The molecule has 0 unspecified atom stereocenters. The summed E-state index contributed by atoms with van der Waals surface area (Å²) in [4.78, 5) is 12.8. The van der Waals surface area contributed by atoms with Crippen molar-refractivity contribution in [3.8, 4) is 22.9 Å². The van der Waals surface area contributed by atoms with Crippen LogP contribution in [-0.4, -0.2) is 30.8 Å². The molecule has 1 N–H and O–H groups in total. The van der Waals surface area contributed by atoms with E-state index in [1.54, 1.807) is 30.3 Å². The van der Waals surface area contributed by atoms with Gasteiger partial charge in [-0.15, -0.1) is 0 Å². The van der Waals surface area contributed by atoms with Gasteiger partial charge in [0.15, 0.2) is 11.5 Å². The number of fused-ring (bicyclic) bond motifs is 1. The Bertz CT molecular complexity index is 986. The molecule has 7 heteroatoms. The average molecular weight is 385 g/mol. The van der Waals surface area contributed by atoms with E-state index in [1.807, 2.05) is 29.1 Å². The first-order valence-electron chi connectivity index (χ1n) is 8.37. The highest BCUT2D eigenvalue weighted by atomic mass is 35.5. The number of aromatic nitrogens is 1. The van der Waals surface area contributed by atoms with Crippen molar-refractivity contribution in [2.24, 2.45) is 0 Å². The number of anilines is 1. The first-order chi connectivity index (χ1) is 13.2. The average Bonchev–Trinajstić information content (AvgIpc) is 3.22. The van der Waals surface area contributed by atoms with Crippen LogP contribution in [0.1, 0.15) is 10.4 Å². The molecule has 1 amide bonds. The fraction of sp³-hybridized carbons (Fsp3) is 0.150. The van der Waals surface area contributed by atoms with Gasteiger partial charge in [0.05, 0.1) is 23.4 Å². The van der Waals surface area contributed by atoms with Gasteiger partial charge in [0.1, 0.15) is 19.0 Å². The predicted octanol–water partition coefficient (Wildman–Crippen LogP) is 4.16. The van der Waals surface area contributed by atoms with Crippen LogP contribution in [0.2, 0.25) is 5.02 Å². The minimum absolute atomic E-state index is 0.329. The molecule has 0 spiro atoms. The molecule has 27 heavy (non-hydrogen) atoms. The quantitative estimate of drug-likeness (QED) is 0.733. The van der Waals surface area contributed by atoms with E-state index in [0.717, 1.165) is 5.69 Å². The van der Waals surface area contributed by atoms with E-state index < -0.39 is 0 Å². The Labute approximate surface area is 161 Å². The SMILES string of the molecule is COc1cc(-n2cccc2)c(Cl)cc1C(=O)Nc1ccc2c(c1)OCCO2. The second-order valence-electron chi connectivity index (χ2n) is 5.91. The Hall–Kier alpha value is -3.12. The zero-order valence-corrected chi connectivity index (χ0v) is 15.3. The van der Waals surface area contributed by atoms with Crippen LogP contribution in [0.5, 0.6) is 17.2 Å². The fourth-order valence-corrected chi connectivity index (χ4v) is 3.16. The second kappa shape index (κ2) is 7.25. The van der Waals surface area contributed by atoms with Crippen molar-refractivity contribution in [3.63, 3.8) is 0 Å². The van der Waals surface area contributed by atoms with E-state index in [4.69, 9.17) is 25.8 Å². The molecule has 0 bridgehead atoms. The molecule has 1 aliphatic heterocycles. The first-order valence-corrected chi connectivity index (χ1v) is 8.75. The van der Waals surface area contributed by atoms with Gasteiger partial charge in [0.2, 0.25) is 0 Å². The number of amides is 1. The maximum absolute atomic E-state index is 12.8. The van der Waals surface area contributed by atoms with Gasteiger partial charge in [-0.2, -0.15) is 0 Å². The number of methoxy groups -OCH3 is 1. The number of halogens is 1. The number of carbonyl (C=O) groups is 1. The lowest BCUT2D eigenvalue weighted by atomic mass is 10.1. The number of carbonyl (C=O) groups excluding carboxylic acids is 1. The lowest BCUT2D eigenvalue weighted by molar-refractivity contribution is 0.102. The summed E-state index contributed by atoms with van der Waals surface area (Å²) in [5, 5.41) is 3.29. The van der Waals surface area contributed by atoms with Gasteiger partial charge in [0.25, 0.3) is 5.91 Å². The Morgan fingerprint density at radius 1 is 1.11 bits per heavy atom. The summed E-state index contributed by atoms with van der Waals surface area (Å²) < 4.78 is 18.3. The lowest BCUT2D eigenvalue weighted by Crippen LogP contribution is -2.17. The molecule has 3 aromatic rings. The van der Waals surface area contributed by atoms with E-state index >= 15 is 0 Å². The molecular formula is C20H17ClN2O4. The highest BCUT2D eigenvalue weighted by Crippen LogP contribution is 2.34. The van der Waals surface area contributed by atoms with Crippen molar-refractivity contribution in [1.82, 2.24) is 4.57 Å². The maximum Gasteiger partial charge on any atom is 0.259 e. The summed E-state index contributed by atoms with van der Waals surface area (Å²) in [5.74, 6) is 1.37. The molecule has 0 fully saturated rings. The molecule has 4 rings (SSSR count). The highest BCUT2D eigenvalue weighted by Gasteiger charge is 2.18. The van der Waals surface area contributed by atoms with Crippen molar-refractivity contribution >= 4 is 23.2 Å². The van der Waals surface area contributed by atoms with E-state index in [-0.39, 0.29) is 5.91 Å². The van der Waals surface area contributed by atoms with Gasteiger partial charge in [0, 0.05) is 30.2 Å². The number of rotatable bonds is 4. The molecule has 1 aromatic heterocycles. The summed E-state index contributed by atoms with van der Waals surface area (Å²) in [7, 11) is 1.52. The number of nitrogens with zero attached hydrogens (tertiary/aromatic N) is 1. The van der Waals surface area contributed by atoms with Crippen LogP contribution in [-0.2, 0) is 0 Å². The normalized spacial score (nSPS) is 12.5. The second-order valence-corrected chi connectivity index (χ2v) is 6.31. The summed E-state index contributed by atoms with van der Waals surface area (Å²) in [6.07, 6.45) is 3.74. The summed E-state index contributed by atoms with van der Waals surface area (Å²) >= 11 is 6.40. The zero-order valence-electron chi connectivity index (χ0n) is 14.6. The third-order valence-corrected chi connectivity index (χ3v) is 4.50. The highest BCUT2D eigenvalue weighted by molar-refractivity contribution is 6.33. The fourth-order valence-electron chi connectivity index (χ4n) is 2.90. The third kappa shape index (κ3) is 3.44. The van der Waals surface area contributed by atoms with E-state index in [1.165, 1.54) is 7.11 Å². The minimum Gasteiger partial charge on any atom is -0.496 e. The summed E-state index contributed by atoms with van der Waals surface area (Å²) in [6, 6.07) is 12.4. The van der Waals surface area contributed by atoms with Gasteiger partial charge in [-0.1, -0.05) is 11.6 Å².